The summed E-state index contributed by atoms with van der Waals surface area (Å²) in [4.78, 5) is 21.7. The number of carboxylic acid groups (broad SMARTS) is 1. The van der Waals surface area contributed by atoms with E-state index in [9.17, 15) is 13.8 Å². The zero-order valence-electron chi connectivity index (χ0n) is 11.5. The van der Waals surface area contributed by atoms with Crippen LogP contribution in [0, 0.1) is 0 Å². The predicted molar refractivity (Wildman–Crippen MR) is 86.5 cm³/mol. The number of carbonyl (C=O) groups is 2. The second kappa shape index (κ2) is 11.0. The van der Waals surface area contributed by atoms with Crippen LogP contribution in [0.4, 0.5) is 0 Å². The molecule has 0 unspecified atom stereocenters. The number of thioether (sulfide) groups is 1. The number of hydrogen-bond donors (Lipinski definition) is 3. The van der Waals surface area contributed by atoms with Crippen molar-refractivity contribution in [3.05, 3.63) is 0 Å². The number of nitrogens with one attached hydrogen (secondary N) is 2. The van der Waals surface area contributed by atoms with Crippen molar-refractivity contribution in [2.75, 3.05) is 24.3 Å². The van der Waals surface area contributed by atoms with Crippen LogP contribution in [0.3, 0.4) is 0 Å². The average molecular weight is 340 g/mol. The van der Waals surface area contributed by atoms with Gasteiger partial charge < -0.3 is 15.7 Å². The van der Waals surface area contributed by atoms with Crippen LogP contribution in [0.2, 0.25) is 0 Å². The summed E-state index contributed by atoms with van der Waals surface area (Å²) >= 11 is 6.24. The minimum absolute atomic E-state index is 0.180. The fourth-order valence-electron chi connectivity index (χ4n) is 1.25. The Labute approximate surface area is 130 Å². The van der Waals surface area contributed by atoms with Gasteiger partial charge in [0.05, 0.1) is 0 Å². The Morgan fingerprint density at radius 2 is 2.05 bits per heavy atom. The molecule has 0 heterocycles. The Balaban J connectivity index is 3.82. The number of aliphatic carboxylic acids is 1. The number of hydrogen-bond acceptors (Lipinski definition) is 5. The van der Waals surface area contributed by atoms with E-state index in [0.717, 1.165) is 12.8 Å². The first-order valence-electron chi connectivity index (χ1n) is 6.03. The van der Waals surface area contributed by atoms with Gasteiger partial charge in [-0.3, -0.25) is 9.00 Å². The molecule has 0 saturated heterocycles. The van der Waals surface area contributed by atoms with Crippen LogP contribution in [0.1, 0.15) is 19.8 Å². The average Bonchev–Trinajstić information content (AvgIpc) is 2.32. The highest BCUT2D eigenvalue weighted by Gasteiger charge is 2.18. The van der Waals surface area contributed by atoms with Crippen molar-refractivity contribution in [2.24, 2.45) is 0 Å². The van der Waals surface area contributed by atoms with Gasteiger partial charge in [0.1, 0.15) is 10.4 Å². The lowest BCUT2D eigenvalue weighted by atomic mass is 10.3. The quantitative estimate of drug-likeness (QED) is 0.411. The molecular weight excluding hydrogens is 320 g/mol. The highest BCUT2D eigenvalue weighted by atomic mass is 32.2. The van der Waals surface area contributed by atoms with Gasteiger partial charge in [0, 0.05) is 42.0 Å². The van der Waals surface area contributed by atoms with Gasteiger partial charge in [-0.05, 0) is 12.8 Å². The molecule has 116 valence electrons. The van der Waals surface area contributed by atoms with Crippen molar-refractivity contribution in [1.82, 2.24) is 10.6 Å². The first-order chi connectivity index (χ1) is 9.32. The summed E-state index contributed by atoms with van der Waals surface area (Å²) in [6.45, 7) is 1.94. The Bertz CT molecular complexity index is 377. The maximum Gasteiger partial charge on any atom is 0.327 e. The zero-order valence-corrected chi connectivity index (χ0v) is 14.0. The van der Waals surface area contributed by atoms with Crippen molar-refractivity contribution < 1.29 is 18.9 Å². The Hall–Kier alpha value is -0.670. The maximum absolute atomic E-state index is 10.9. The van der Waals surface area contributed by atoms with Gasteiger partial charge in [-0.2, -0.15) is 0 Å². The standard InChI is InChI=1S/C11H20N2O4S3/c1-8(14)13-9(10(15)16)7-19-11(18)12-5-3-4-6-20(2)17/h9H,3-7H2,1-2H3,(H,12,18)(H,13,14)(H,15,16)/t9-,20+/m0/s1. The first kappa shape index (κ1) is 19.3. The van der Waals surface area contributed by atoms with Crippen molar-refractivity contribution in [3.63, 3.8) is 0 Å². The van der Waals surface area contributed by atoms with Gasteiger partial charge in [0.25, 0.3) is 0 Å². The lowest BCUT2D eigenvalue weighted by molar-refractivity contribution is -0.140. The highest BCUT2D eigenvalue weighted by molar-refractivity contribution is 8.23. The molecule has 0 aliphatic carbocycles. The molecule has 2 atom stereocenters. The van der Waals surface area contributed by atoms with Gasteiger partial charge in [-0.25, -0.2) is 4.79 Å². The third kappa shape index (κ3) is 11.2. The minimum Gasteiger partial charge on any atom is -0.480 e. The SMILES string of the molecule is CC(=O)N[C@@H](CSC(=S)NCCCC[S@@](C)=O)C(=O)O. The molecule has 3 N–H and O–H groups in total. The van der Waals surface area contributed by atoms with E-state index in [-0.39, 0.29) is 11.7 Å². The minimum atomic E-state index is -1.08. The molecule has 20 heavy (non-hydrogen) atoms. The zero-order chi connectivity index (χ0) is 15.5. The fraction of sp³-hybridized carbons (Fsp3) is 0.727. The van der Waals surface area contributed by atoms with E-state index in [1.54, 1.807) is 6.26 Å². The third-order valence-corrected chi connectivity index (χ3v) is 4.45. The number of unbranched alkanes of at least 4 members (excludes halogenated alkanes) is 1. The summed E-state index contributed by atoms with van der Waals surface area (Å²) in [6, 6.07) is -0.945. The maximum atomic E-state index is 10.9. The molecule has 0 aliphatic heterocycles. The second-order valence-corrected chi connectivity index (χ2v) is 7.35. The monoisotopic (exact) mass is 340 g/mol. The van der Waals surface area contributed by atoms with E-state index in [1.807, 2.05) is 0 Å². The molecule has 6 nitrogen and oxygen atoms in total. The Morgan fingerprint density at radius 3 is 2.55 bits per heavy atom. The molecule has 0 bridgehead atoms. The van der Waals surface area contributed by atoms with Crippen LogP contribution < -0.4 is 10.6 Å². The second-order valence-electron chi connectivity index (χ2n) is 4.10. The van der Waals surface area contributed by atoms with Crippen LogP contribution >= 0.6 is 24.0 Å². The molecule has 0 saturated carbocycles. The van der Waals surface area contributed by atoms with E-state index in [4.69, 9.17) is 17.3 Å². The number of thiocarbonyl (C=S) groups is 1. The number of rotatable bonds is 9. The molecule has 0 aromatic rings. The van der Waals surface area contributed by atoms with Crippen molar-refractivity contribution >= 4 is 51.0 Å². The molecule has 0 radical (unpaired) electrons. The largest absolute Gasteiger partial charge is 0.480 e. The molecule has 0 spiro atoms. The van der Waals surface area contributed by atoms with Gasteiger partial charge >= 0.3 is 5.97 Å². The number of amides is 1. The molecule has 0 rings (SSSR count). The normalized spacial score (nSPS) is 13.3. The first-order valence-corrected chi connectivity index (χ1v) is 9.15. The summed E-state index contributed by atoms with van der Waals surface area (Å²) in [5.74, 6) is -0.615. The number of carbonyl (C=O) groups excluding carboxylic acids is 1. The van der Waals surface area contributed by atoms with Crippen molar-refractivity contribution in [1.29, 1.82) is 0 Å². The van der Waals surface area contributed by atoms with Crippen LogP contribution in [0.15, 0.2) is 0 Å². The van der Waals surface area contributed by atoms with E-state index >= 15 is 0 Å². The lowest BCUT2D eigenvalue weighted by Crippen LogP contribution is -2.42. The van der Waals surface area contributed by atoms with E-state index < -0.39 is 22.8 Å². The summed E-state index contributed by atoms with van der Waals surface area (Å²) in [6.07, 6.45) is 3.38. The van der Waals surface area contributed by atoms with Crippen LogP contribution in [0.25, 0.3) is 0 Å². The van der Waals surface area contributed by atoms with Crippen LogP contribution in [-0.4, -0.2) is 55.9 Å². The Morgan fingerprint density at radius 1 is 1.40 bits per heavy atom. The molecule has 0 aromatic carbocycles. The van der Waals surface area contributed by atoms with Crippen molar-refractivity contribution in [2.45, 2.75) is 25.8 Å². The molecule has 0 fully saturated rings. The predicted octanol–water partition coefficient (Wildman–Crippen LogP) is 0.342. The van der Waals surface area contributed by atoms with Gasteiger partial charge in [-0.1, -0.05) is 24.0 Å². The summed E-state index contributed by atoms with van der Waals surface area (Å²) in [5, 5.41) is 14.2. The Kier molecular flexibility index (Phi) is 10.7. The molecule has 0 aliphatic rings. The third-order valence-electron chi connectivity index (χ3n) is 2.18. The van der Waals surface area contributed by atoms with E-state index in [0.29, 0.717) is 16.6 Å². The van der Waals surface area contributed by atoms with Crippen LogP contribution in [-0.2, 0) is 20.4 Å². The van der Waals surface area contributed by atoms with Gasteiger partial charge in [-0.15, -0.1) is 0 Å². The van der Waals surface area contributed by atoms with Crippen LogP contribution in [0.5, 0.6) is 0 Å². The summed E-state index contributed by atoms with van der Waals surface area (Å²) in [7, 11) is -0.772. The molecular formula is C11H20N2O4S3. The van der Waals surface area contributed by atoms with Gasteiger partial charge in [0.2, 0.25) is 5.91 Å². The van der Waals surface area contributed by atoms with E-state index in [2.05, 4.69) is 10.6 Å². The van der Waals surface area contributed by atoms with Crippen molar-refractivity contribution in [3.8, 4) is 0 Å². The summed E-state index contributed by atoms with van der Waals surface area (Å²) in [5.41, 5.74) is 0. The van der Waals surface area contributed by atoms with Gasteiger partial charge in [0.15, 0.2) is 0 Å². The summed E-state index contributed by atoms with van der Waals surface area (Å²) < 4.78 is 11.3. The van der Waals surface area contributed by atoms with E-state index in [1.165, 1.54) is 18.7 Å². The molecule has 9 heteroatoms. The fourth-order valence-corrected chi connectivity index (χ4v) is 2.92. The topological polar surface area (TPSA) is 95.5 Å². The highest BCUT2D eigenvalue weighted by Crippen LogP contribution is 2.05. The lowest BCUT2D eigenvalue weighted by Gasteiger charge is -2.13. The smallest absolute Gasteiger partial charge is 0.327 e. The molecule has 1 amide bonds. The molecule has 0 aromatic heterocycles. The number of carboxylic acids is 1.